The van der Waals surface area contributed by atoms with E-state index < -0.39 is 0 Å². The topological polar surface area (TPSA) is 76.7 Å². The fourth-order valence-corrected chi connectivity index (χ4v) is 3.04. The molecule has 0 aromatic carbocycles. The van der Waals surface area contributed by atoms with Crippen LogP contribution in [0.5, 0.6) is 0 Å². The predicted octanol–water partition coefficient (Wildman–Crippen LogP) is 2.76. The van der Waals surface area contributed by atoms with Crippen molar-refractivity contribution in [3.63, 3.8) is 0 Å². The van der Waals surface area contributed by atoms with E-state index in [4.69, 9.17) is 17.3 Å². The Kier molecular flexibility index (Phi) is 5.03. The Bertz CT molecular complexity index is 491. The number of thiazole rings is 1. The van der Waals surface area contributed by atoms with Gasteiger partial charge < -0.3 is 11.1 Å². The van der Waals surface area contributed by atoms with Gasteiger partial charge in [-0.3, -0.25) is 0 Å². The maximum atomic E-state index is 5.96. The van der Waals surface area contributed by atoms with Crippen LogP contribution in [0.15, 0.2) is 22.2 Å². The first kappa shape index (κ1) is 13.4. The lowest BCUT2D eigenvalue weighted by Crippen LogP contribution is -2.06. The molecule has 0 spiro atoms. The van der Waals surface area contributed by atoms with Gasteiger partial charge in [-0.15, -0.1) is 11.3 Å². The minimum absolute atomic E-state index is 0.298. The number of hydrogen-bond donors (Lipinski definition) is 2. The van der Waals surface area contributed by atoms with Crippen molar-refractivity contribution >= 4 is 46.3 Å². The molecule has 3 N–H and O–H groups in total. The number of aromatic nitrogens is 3. The van der Waals surface area contributed by atoms with E-state index in [1.807, 2.05) is 11.6 Å². The standard InChI is InChI=1S/C10H12ClN5S2/c11-7-8(12)15-6-16-9(7)13-2-1-4-17-10-14-3-5-18-10/h3,5-6H,1-2,4H2,(H3,12,13,15,16). The molecule has 0 saturated carbocycles. The van der Waals surface area contributed by atoms with E-state index in [0.29, 0.717) is 16.7 Å². The molecule has 0 aliphatic carbocycles. The lowest BCUT2D eigenvalue weighted by atomic mass is 10.4. The van der Waals surface area contributed by atoms with Gasteiger partial charge in [0.05, 0.1) is 0 Å². The van der Waals surface area contributed by atoms with Crippen LogP contribution in [-0.2, 0) is 0 Å². The highest BCUT2D eigenvalue weighted by Crippen LogP contribution is 2.23. The Morgan fingerprint density at radius 1 is 1.39 bits per heavy atom. The summed E-state index contributed by atoms with van der Waals surface area (Å²) in [5.41, 5.74) is 5.58. The van der Waals surface area contributed by atoms with Crippen molar-refractivity contribution in [2.45, 2.75) is 10.8 Å². The molecule has 2 aromatic rings. The molecule has 0 amide bonds. The molecular weight excluding hydrogens is 290 g/mol. The third-order valence-corrected chi connectivity index (χ3v) is 4.49. The van der Waals surface area contributed by atoms with Crippen LogP contribution in [-0.4, -0.2) is 27.2 Å². The second kappa shape index (κ2) is 6.77. The highest BCUT2D eigenvalue weighted by molar-refractivity contribution is 8.00. The zero-order chi connectivity index (χ0) is 12.8. The SMILES string of the molecule is Nc1ncnc(NCCCSc2nccs2)c1Cl. The number of nitrogens with zero attached hydrogens (tertiary/aromatic N) is 3. The van der Waals surface area contributed by atoms with E-state index in [2.05, 4.69) is 20.3 Å². The Morgan fingerprint density at radius 3 is 3.06 bits per heavy atom. The van der Waals surface area contributed by atoms with Crippen LogP contribution in [0.2, 0.25) is 5.02 Å². The van der Waals surface area contributed by atoms with Gasteiger partial charge in [-0.05, 0) is 6.42 Å². The number of thioether (sulfide) groups is 1. The molecule has 2 rings (SSSR count). The summed E-state index contributed by atoms with van der Waals surface area (Å²) in [7, 11) is 0. The van der Waals surface area contributed by atoms with E-state index in [1.54, 1.807) is 23.1 Å². The number of nitrogens with two attached hydrogens (primary N) is 1. The smallest absolute Gasteiger partial charge is 0.150 e. The minimum Gasteiger partial charge on any atom is -0.382 e. The Morgan fingerprint density at radius 2 is 2.28 bits per heavy atom. The first-order valence-corrected chi connectivity index (χ1v) is 7.54. The van der Waals surface area contributed by atoms with E-state index in [-0.39, 0.29) is 0 Å². The van der Waals surface area contributed by atoms with Gasteiger partial charge in [0.2, 0.25) is 0 Å². The Balaban J connectivity index is 1.70. The van der Waals surface area contributed by atoms with Crippen molar-refractivity contribution in [2.24, 2.45) is 0 Å². The monoisotopic (exact) mass is 301 g/mol. The number of rotatable bonds is 6. The van der Waals surface area contributed by atoms with Crippen LogP contribution < -0.4 is 11.1 Å². The molecule has 2 aromatic heterocycles. The quantitative estimate of drug-likeness (QED) is 0.631. The van der Waals surface area contributed by atoms with Gasteiger partial charge in [0, 0.05) is 23.9 Å². The van der Waals surface area contributed by atoms with Crippen LogP contribution in [0.1, 0.15) is 6.42 Å². The van der Waals surface area contributed by atoms with Crippen molar-refractivity contribution in [2.75, 3.05) is 23.3 Å². The normalized spacial score (nSPS) is 10.5. The van der Waals surface area contributed by atoms with Crippen molar-refractivity contribution < 1.29 is 0 Å². The fourth-order valence-electron chi connectivity index (χ4n) is 1.23. The zero-order valence-corrected chi connectivity index (χ0v) is 11.9. The molecule has 0 unspecified atom stereocenters. The lowest BCUT2D eigenvalue weighted by molar-refractivity contribution is 0.975. The van der Waals surface area contributed by atoms with Gasteiger partial charge >= 0.3 is 0 Å². The van der Waals surface area contributed by atoms with Gasteiger partial charge in [0.25, 0.3) is 0 Å². The highest BCUT2D eigenvalue weighted by atomic mass is 35.5. The first-order valence-electron chi connectivity index (χ1n) is 5.29. The van der Waals surface area contributed by atoms with Gasteiger partial charge in [-0.25, -0.2) is 15.0 Å². The molecule has 96 valence electrons. The molecule has 2 heterocycles. The van der Waals surface area contributed by atoms with Crippen molar-refractivity contribution in [3.8, 4) is 0 Å². The summed E-state index contributed by atoms with van der Waals surface area (Å²) in [5, 5.41) is 5.50. The number of hydrogen-bond acceptors (Lipinski definition) is 7. The molecule has 18 heavy (non-hydrogen) atoms. The van der Waals surface area contributed by atoms with Crippen molar-refractivity contribution in [1.29, 1.82) is 0 Å². The van der Waals surface area contributed by atoms with Gasteiger partial charge in [-0.2, -0.15) is 0 Å². The molecule has 5 nitrogen and oxygen atoms in total. The molecule has 0 aliphatic rings. The van der Waals surface area contributed by atoms with E-state index in [0.717, 1.165) is 23.1 Å². The maximum Gasteiger partial charge on any atom is 0.150 e. The molecular formula is C10H12ClN5S2. The maximum absolute atomic E-state index is 5.96. The Hall–Kier alpha value is -1.05. The van der Waals surface area contributed by atoms with Gasteiger partial charge in [0.1, 0.15) is 27.3 Å². The summed E-state index contributed by atoms with van der Waals surface area (Å²) in [6.45, 7) is 0.786. The molecule has 8 heteroatoms. The molecule has 0 atom stereocenters. The fraction of sp³-hybridized carbons (Fsp3) is 0.300. The van der Waals surface area contributed by atoms with Crippen LogP contribution in [0.4, 0.5) is 11.6 Å². The third-order valence-electron chi connectivity index (χ3n) is 2.07. The molecule has 0 bridgehead atoms. The number of nitrogen functional groups attached to an aromatic ring is 1. The molecule has 0 radical (unpaired) electrons. The van der Waals surface area contributed by atoms with Crippen molar-refractivity contribution in [1.82, 2.24) is 15.0 Å². The summed E-state index contributed by atoms with van der Waals surface area (Å²) >= 11 is 9.36. The van der Waals surface area contributed by atoms with Crippen LogP contribution in [0.3, 0.4) is 0 Å². The average Bonchev–Trinajstić information content (AvgIpc) is 2.87. The van der Waals surface area contributed by atoms with E-state index in [1.165, 1.54) is 6.33 Å². The summed E-state index contributed by atoms with van der Waals surface area (Å²) in [6, 6.07) is 0. The molecule has 0 aliphatic heterocycles. The third kappa shape index (κ3) is 3.72. The second-order valence-electron chi connectivity index (χ2n) is 3.35. The highest BCUT2D eigenvalue weighted by Gasteiger charge is 2.05. The van der Waals surface area contributed by atoms with Gasteiger partial charge in [-0.1, -0.05) is 23.4 Å². The summed E-state index contributed by atoms with van der Waals surface area (Å²) in [4.78, 5) is 12.0. The molecule has 0 fully saturated rings. The second-order valence-corrected chi connectivity index (χ2v) is 5.96. The average molecular weight is 302 g/mol. The predicted molar refractivity (Wildman–Crippen MR) is 77.4 cm³/mol. The number of anilines is 2. The van der Waals surface area contributed by atoms with Crippen LogP contribution in [0.25, 0.3) is 0 Å². The summed E-state index contributed by atoms with van der Waals surface area (Å²) < 4.78 is 1.10. The summed E-state index contributed by atoms with van der Waals surface area (Å²) in [6.07, 6.45) is 4.20. The lowest BCUT2D eigenvalue weighted by Gasteiger charge is -2.07. The van der Waals surface area contributed by atoms with Crippen LogP contribution >= 0.6 is 34.7 Å². The number of nitrogens with one attached hydrogen (secondary N) is 1. The Labute approximate surface area is 118 Å². The number of halogens is 1. The molecule has 0 saturated heterocycles. The van der Waals surface area contributed by atoms with Crippen molar-refractivity contribution in [3.05, 3.63) is 22.9 Å². The minimum atomic E-state index is 0.298. The first-order chi connectivity index (χ1) is 8.77. The van der Waals surface area contributed by atoms with E-state index >= 15 is 0 Å². The summed E-state index contributed by atoms with van der Waals surface area (Å²) in [5.74, 6) is 1.88. The van der Waals surface area contributed by atoms with Gasteiger partial charge in [0.15, 0.2) is 0 Å². The zero-order valence-electron chi connectivity index (χ0n) is 9.47. The largest absolute Gasteiger partial charge is 0.382 e. The van der Waals surface area contributed by atoms with E-state index in [9.17, 15) is 0 Å². The van der Waals surface area contributed by atoms with Crippen LogP contribution in [0, 0.1) is 0 Å².